The van der Waals surface area contributed by atoms with Crippen molar-refractivity contribution in [2.75, 3.05) is 25.0 Å². The Hall–Kier alpha value is -1.13. The summed E-state index contributed by atoms with van der Waals surface area (Å²) >= 11 is 0. The first-order valence-electron chi connectivity index (χ1n) is 8.03. The first-order chi connectivity index (χ1) is 10.1. The minimum atomic E-state index is -0.460. The second-order valence-electron chi connectivity index (χ2n) is 6.55. The molecule has 0 radical (unpaired) electrons. The molecular weight excluding hydrogens is 267 g/mol. The lowest BCUT2D eigenvalue weighted by Gasteiger charge is -2.48. The third kappa shape index (κ3) is 2.92. The number of nitrogens with zero attached hydrogens (tertiary/aromatic N) is 1. The van der Waals surface area contributed by atoms with E-state index in [4.69, 9.17) is 0 Å². The van der Waals surface area contributed by atoms with Crippen LogP contribution in [0, 0.1) is 11.7 Å². The van der Waals surface area contributed by atoms with E-state index in [1.54, 1.807) is 6.07 Å². The fraction of sp³-hybridized carbons (Fsp3) is 0.647. The Morgan fingerprint density at radius 3 is 3.05 bits per heavy atom. The topological polar surface area (TPSA) is 35.5 Å². The van der Waals surface area contributed by atoms with Gasteiger partial charge in [-0.05, 0) is 50.1 Å². The molecule has 2 fully saturated rings. The number of fused-ring (bicyclic) bond motifs is 1. The van der Waals surface area contributed by atoms with Crippen LogP contribution < -0.4 is 10.2 Å². The number of halogens is 1. The van der Waals surface area contributed by atoms with Crippen molar-refractivity contribution in [3.8, 4) is 0 Å². The SMILES string of the molecule is CNCc1cc(F)ccc1N1CCC2(O)CCCCC2C1. The molecule has 1 aliphatic carbocycles. The van der Waals surface area contributed by atoms with Gasteiger partial charge in [0.1, 0.15) is 5.82 Å². The van der Waals surface area contributed by atoms with Gasteiger partial charge in [-0.3, -0.25) is 0 Å². The lowest BCUT2D eigenvalue weighted by atomic mass is 9.71. The lowest BCUT2D eigenvalue weighted by Crippen LogP contribution is -2.53. The lowest BCUT2D eigenvalue weighted by molar-refractivity contribution is -0.0612. The van der Waals surface area contributed by atoms with Gasteiger partial charge in [-0.1, -0.05) is 12.8 Å². The Kier molecular flexibility index (Phi) is 4.18. The van der Waals surface area contributed by atoms with E-state index in [2.05, 4.69) is 10.2 Å². The van der Waals surface area contributed by atoms with Crippen LogP contribution in [0.2, 0.25) is 0 Å². The van der Waals surface area contributed by atoms with Crippen molar-refractivity contribution in [3.63, 3.8) is 0 Å². The van der Waals surface area contributed by atoms with E-state index in [1.807, 2.05) is 13.1 Å². The molecule has 0 bridgehead atoms. The summed E-state index contributed by atoms with van der Waals surface area (Å²) in [6.07, 6.45) is 5.24. The molecule has 3 rings (SSSR count). The van der Waals surface area contributed by atoms with Crippen LogP contribution in [-0.2, 0) is 6.54 Å². The molecule has 1 saturated carbocycles. The predicted molar refractivity (Wildman–Crippen MR) is 82.9 cm³/mol. The third-order valence-corrected chi connectivity index (χ3v) is 5.18. The Morgan fingerprint density at radius 1 is 1.38 bits per heavy atom. The van der Waals surface area contributed by atoms with E-state index in [9.17, 15) is 9.50 Å². The maximum absolute atomic E-state index is 13.5. The first-order valence-corrected chi connectivity index (χ1v) is 8.03. The van der Waals surface area contributed by atoms with Crippen LogP contribution in [0.5, 0.6) is 0 Å². The van der Waals surface area contributed by atoms with E-state index in [0.717, 1.165) is 50.0 Å². The van der Waals surface area contributed by atoms with Gasteiger partial charge in [0.05, 0.1) is 5.60 Å². The molecule has 2 N–H and O–H groups in total. The maximum atomic E-state index is 13.5. The number of hydrogen-bond donors (Lipinski definition) is 2. The van der Waals surface area contributed by atoms with E-state index in [-0.39, 0.29) is 5.82 Å². The van der Waals surface area contributed by atoms with Gasteiger partial charge in [0.25, 0.3) is 0 Å². The highest BCUT2D eigenvalue weighted by Gasteiger charge is 2.42. The summed E-state index contributed by atoms with van der Waals surface area (Å²) in [4.78, 5) is 2.33. The summed E-state index contributed by atoms with van der Waals surface area (Å²) < 4.78 is 13.5. The van der Waals surface area contributed by atoms with Gasteiger partial charge in [0.2, 0.25) is 0 Å². The average Bonchev–Trinajstić information content (AvgIpc) is 2.47. The van der Waals surface area contributed by atoms with Gasteiger partial charge in [-0.25, -0.2) is 4.39 Å². The standard InChI is InChI=1S/C17H25FN2O/c1-19-11-13-10-15(18)5-6-16(13)20-9-8-17(21)7-3-2-4-14(17)12-20/h5-6,10,14,19,21H,2-4,7-9,11-12H2,1H3. The zero-order valence-corrected chi connectivity index (χ0v) is 12.7. The molecule has 0 spiro atoms. The predicted octanol–water partition coefficient (Wildman–Crippen LogP) is 2.68. The molecule has 1 aliphatic heterocycles. The maximum Gasteiger partial charge on any atom is 0.123 e. The zero-order chi connectivity index (χ0) is 14.9. The summed E-state index contributed by atoms with van der Waals surface area (Å²) in [5, 5.41) is 13.9. The van der Waals surface area contributed by atoms with Crippen LogP contribution in [0.15, 0.2) is 18.2 Å². The highest BCUT2D eigenvalue weighted by Crippen LogP contribution is 2.41. The highest BCUT2D eigenvalue weighted by atomic mass is 19.1. The fourth-order valence-corrected chi connectivity index (χ4v) is 3.98. The molecule has 21 heavy (non-hydrogen) atoms. The number of benzene rings is 1. The van der Waals surface area contributed by atoms with E-state index in [0.29, 0.717) is 12.5 Å². The molecule has 2 unspecified atom stereocenters. The number of rotatable bonds is 3. The van der Waals surface area contributed by atoms with Crippen LogP contribution in [0.25, 0.3) is 0 Å². The Balaban J connectivity index is 1.82. The molecule has 1 aromatic rings. The molecule has 2 aliphatic rings. The molecule has 3 nitrogen and oxygen atoms in total. The second-order valence-corrected chi connectivity index (χ2v) is 6.55. The minimum Gasteiger partial charge on any atom is -0.389 e. The van der Waals surface area contributed by atoms with Crippen LogP contribution in [0.1, 0.15) is 37.7 Å². The van der Waals surface area contributed by atoms with Crippen LogP contribution in [0.3, 0.4) is 0 Å². The van der Waals surface area contributed by atoms with Crippen LogP contribution in [0.4, 0.5) is 10.1 Å². The summed E-state index contributed by atoms with van der Waals surface area (Å²) in [7, 11) is 1.88. The van der Waals surface area contributed by atoms with Gasteiger partial charge in [-0.15, -0.1) is 0 Å². The Labute approximate surface area is 126 Å². The van der Waals surface area contributed by atoms with Gasteiger partial charge in [-0.2, -0.15) is 0 Å². The van der Waals surface area contributed by atoms with E-state index in [1.165, 1.54) is 12.5 Å². The molecule has 2 atom stereocenters. The average molecular weight is 292 g/mol. The second kappa shape index (κ2) is 5.93. The van der Waals surface area contributed by atoms with Crippen molar-refractivity contribution < 1.29 is 9.50 Å². The summed E-state index contributed by atoms with van der Waals surface area (Å²) in [5.74, 6) is 0.169. The molecule has 0 amide bonds. The third-order valence-electron chi connectivity index (χ3n) is 5.18. The first kappa shape index (κ1) is 14.8. The molecule has 4 heteroatoms. The largest absolute Gasteiger partial charge is 0.389 e. The van der Waals surface area contributed by atoms with Crippen molar-refractivity contribution in [3.05, 3.63) is 29.6 Å². The van der Waals surface area contributed by atoms with Crippen LogP contribution in [-0.4, -0.2) is 30.8 Å². The van der Waals surface area contributed by atoms with Crippen molar-refractivity contribution in [1.29, 1.82) is 0 Å². The molecule has 0 aromatic heterocycles. The molecule has 116 valence electrons. The fourth-order valence-electron chi connectivity index (χ4n) is 3.98. The molecule has 1 aromatic carbocycles. The van der Waals surface area contributed by atoms with Crippen molar-refractivity contribution in [2.45, 2.75) is 44.2 Å². The van der Waals surface area contributed by atoms with Crippen molar-refractivity contribution in [1.82, 2.24) is 5.32 Å². The van der Waals surface area contributed by atoms with Gasteiger partial charge in [0.15, 0.2) is 0 Å². The summed E-state index contributed by atoms with van der Waals surface area (Å²) in [6, 6.07) is 5.04. The Morgan fingerprint density at radius 2 is 2.24 bits per heavy atom. The number of nitrogens with one attached hydrogen (secondary N) is 1. The molecular formula is C17H25FN2O. The normalized spacial score (nSPS) is 29.3. The molecule has 1 saturated heterocycles. The number of anilines is 1. The zero-order valence-electron chi connectivity index (χ0n) is 12.7. The van der Waals surface area contributed by atoms with E-state index < -0.39 is 5.60 Å². The number of aliphatic hydroxyl groups is 1. The van der Waals surface area contributed by atoms with Gasteiger partial charge >= 0.3 is 0 Å². The van der Waals surface area contributed by atoms with E-state index >= 15 is 0 Å². The monoisotopic (exact) mass is 292 g/mol. The van der Waals surface area contributed by atoms with Crippen LogP contribution >= 0.6 is 0 Å². The Bertz CT molecular complexity index is 508. The summed E-state index contributed by atoms with van der Waals surface area (Å²) in [6.45, 7) is 2.41. The highest BCUT2D eigenvalue weighted by molar-refractivity contribution is 5.54. The number of piperidine rings is 1. The van der Waals surface area contributed by atoms with Crippen molar-refractivity contribution >= 4 is 5.69 Å². The minimum absolute atomic E-state index is 0.185. The summed E-state index contributed by atoms with van der Waals surface area (Å²) in [5.41, 5.74) is 1.65. The van der Waals surface area contributed by atoms with Gasteiger partial charge < -0.3 is 15.3 Å². The number of hydrogen-bond acceptors (Lipinski definition) is 3. The quantitative estimate of drug-likeness (QED) is 0.899. The smallest absolute Gasteiger partial charge is 0.123 e. The van der Waals surface area contributed by atoms with Gasteiger partial charge in [0, 0.05) is 31.2 Å². The van der Waals surface area contributed by atoms with Crippen molar-refractivity contribution in [2.24, 2.45) is 5.92 Å². The molecule has 1 heterocycles.